The van der Waals surface area contributed by atoms with E-state index in [1.807, 2.05) is 48.5 Å². The van der Waals surface area contributed by atoms with Gasteiger partial charge in [0.2, 0.25) is 0 Å². The van der Waals surface area contributed by atoms with E-state index >= 15 is 0 Å². The van der Waals surface area contributed by atoms with Gasteiger partial charge in [0.05, 0.1) is 15.4 Å². The molecule has 0 aromatic heterocycles. The van der Waals surface area contributed by atoms with Gasteiger partial charge >= 0.3 is 0 Å². The number of rotatable bonds is 6. The first-order valence-corrected chi connectivity index (χ1v) is 9.76. The smallest absolute Gasteiger partial charge is 0.127 e. The highest BCUT2D eigenvalue weighted by Crippen LogP contribution is 2.22. The Morgan fingerprint density at radius 3 is 2.37 bits per heavy atom. The first kappa shape index (κ1) is 13.8. The third-order valence-corrected chi connectivity index (χ3v) is 3.50. The van der Waals surface area contributed by atoms with Crippen LogP contribution in [0, 0.1) is 0 Å². The summed E-state index contributed by atoms with van der Waals surface area (Å²) in [6.07, 6.45) is 0.920. The van der Waals surface area contributed by atoms with E-state index in [1.54, 1.807) is 0 Å². The number of hydrogen-bond acceptors (Lipinski definition) is 2. The van der Waals surface area contributed by atoms with Crippen molar-refractivity contribution in [2.75, 3.05) is 6.23 Å². The number of benzene rings is 2. The van der Waals surface area contributed by atoms with E-state index in [9.17, 15) is 0 Å². The summed E-state index contributed by atoms with van der Waals surface area (Å²) >= 11 is 0. The molecule has 2 rings (SSSR count). The van der Waals surface area contributed by atoms with Crippen molar-refractivity contribution in [3.63, 3.8) is 0 Å². The van der Waals surface area contributed by atoms with Crippen LogP contribution in [0.5, 0.6) is 11.5 Å². The van der Waals surface area contributed by atoms with Crippen molar-refractivity contribution in [3.8, 4) is 11.5 Å². The van der Waals surface area contributed by atoms with Crippen LogP contribution >= 0.6 is 0 Å². The molecule has 19 heavy (non-hydrogen) atoms. The fourth-order valence-electron chi connectivity index (χ4n) is 1.74. The predicted molar refractivity (Wildman–Crippen MR) is 81.5 cm³/mol. The highest BCUT2D eigenvalue weighted by molar-refractivity contribution is 6.55. The highest BCUT2D eigenvalue weighted by Gasteiger charge is 2.00. The normalized spacial score (nSPS) is 10.7. The molecule has 0 amide bonds. The second kappa shape index (κ2) is 7.12. The van der Waals surface area contributed by atoms with Crippen LogP contribution in [0.3, 0.4) is 0 Å². The van der Waals surface area contributed by atoms with E-state index in [4.69, 9.17) is 9.47 Å². The molecule has 0 bridgehead atoms. The van der Waals surface area contributed by atoms with Gasteiger partial charge in [0.15, 0.2) is 0 Å². The molecule has 2 aromatic rings. The molecule has 0 aliphatic carbocycles. The second-order valence-electron chi connectivity index (χ2n) is 4.97. The summed E-state index contributed by atoms with van der Waals surface area (Å²) in [5, 5.41) is 0. The van der Waals surface area contributed by atoms with Crippen molar-refractivity contribution < 1.29 is 9.47 Å². The Hall–Kier alpha value is -1.58. The van der Waals surface area contributed by atoms with Crippen LogP contribution in [0.4, 0.5) is 0 Å². The summed E-state index contributed by atoms with van der Waals surface area (Å²) in [6.45, 7) is 5.24. The van der Waals surface area contributed by atoms with Gasteiger partial charge in [0.25, 0.3) is 0 Å². The Labute approximate surface area is 116 Å². The molecule has 0 atom stereocenters. The summed E-state index contributed by atoms with van der Waals surface area (Å²) in [6, 6.07) is 17.9. The van der Waals surface area contributed by atoms with Crippen LogP contribution in [0.25, 0.3) is 0 Å². The average molecular weight is 272 g/mol. The predicted octanol–water partition coefficient (Wildman–Crippen LogP) is 4.02. The van der Waals surface area contributed by atoms with Gasteiger partial charge in [0.1, 0.15) is 11.5 Å². The lowest BCUT2D eigenvalue weighted by molar-refractivity contribution is 0.161. The van der Waals surface area contributed by atoms with Gasteiger partial charge in [-0.25, -0.2) is 0 Å². The lowest BCUT2D eigenvalue weighted by Gasteiger charge is -2.09. The molecule has 0 aliphatic rings. The Bertz CT molecular complexity index is 497. The van der Waals surface area contributed by atoms with Gasteiger partial charge in [-0.1, -0.05) is 43.4 Å². The standard InChI is InChI=1S/C16H20O2Si/c1-19(2)13-17-12-14-7-6-10-16(11-14)18-15-8-4-3-5-9-15/h3-11,19H,12-13H2,1-2H3. The molecule has 0 heterocycles. The van der Waals surface area contributed by atoms with Crippen LogP contribution < -0.4 is 4.74 Å². The molecule has 0 saturated heterocycles. The maximum Gasteiger partial charge on any atom is 0.127 e. The first-order chi connectivity index (χ1) is 9.24. The SMILES string of the molecule is C[SiH](C)COCc1cccc(Oc2ccccc2)c1. The van der Waals surface area contributed by atoms with Crippen LogP contribution in [0.1, 0.15) is 5.56 Å². The summed E-state index contributed by atoms with van der Waals surface area (Å²) in [7, 11) is -0.634. The van der Waals surface area contributed by atoms with Crippen molar-refractivity contribution in [2.24, 2.45) is 0 Å². The summed E-state index contributed by atoms with van der Waals surface area (Å²) in [5.41, 5.74) is 1.16. The quantitative estimate of drug-likeness (QED) is 0.739. The minimum atomic E-state index is -0.634. The molecule has 0 aliphatic heterocycles. The van der Waals surface area contributed by atoms with Crippen LogP contribution in [0.2, 0.25) is 13.1 Å². The lowest BCUT2D eigenvalue weighted by Crippen LogP contribution is -2.11. The molecule has 0 radical (unpaired) electrons. The topological polar surface area (TPSA) is 18.5 Å². The van der Waals surface area contributed by atoms with Crippen molar-refractivity contribution in [3.05, 3.63) is 60.2 Å². The van der Waals surface area contributed by atoms with Gasteiger partial charge in [-0.2, -0.15) is 0 Å². The Morgan fingerprint density at radius 1 is 0.895 bits per heavy atom. The van der Waals surface area contributed by atoms with E-state index in [2.05, 4.69) is 19.2 Å². The Morgan fingerprint density at radius 2 is 1.63 bits per heavy atom. The largest absolute Gasteiger partial charge is 0.457 e. The van der Waals surface area contributed by atoms with Gasteiger partial charge in [-0.15, -0.1) is 0 Å². The monoisotopic (exact) mass is 272 g/mol. The first-order valence-electron chi connectivity index (χ1n) is 6.63. The third-order valence-electron chi connectivity index (χ3n) is 2.60. The number of ether oxygens (including phenoxy) is 2. The summed E-state index contributed by atoms with van der Waals surface area (Å²) in [4.78, 5) is 0. The van der Waals surface area contributed by atoms with Gasteiger partial charge in [0, 0.05) is 6.23 Å². The van der Waals surface area contributed by atoms with Gasteiger partial charge < -0.3 is 9.47 Å². The minimum Gasteiger partial charge on any atom is -0.457 e. The van der Waals surface area contributed by atoms with Crippen molar-refractivity contribution in [1.82, 2.24) is 0 Å². The third kappa shape index (κ3) is 4.89. The molecule has 0 fully saturated rings. The Balaban J connectivity index is 1.95. The molecular weight excluding hydrogens is 252 g/mol. The Kier molecular flexibility index (Phi) is 5.18. The molecule has 3 heteroatoms. The van der Waals surface area contributed by atoms with Gasteiger partial charge in [-0.05, 0) is 29.8 Å². The zero-order valence-corrected chi connectivity index (χ0v) is 12.7. The zero-order chi connectivity index (χ0) is 13.5. The maximum atomic E-state index is 5.80. The molecule has 2 nitrogen and oxygen atoms in total. The molecule has 0 N–H and O–H groups in total. The number of hydrogen-bond donors (Lipinski definition) is 0. The molecule has 0 unspecified atom stereocenters. The summed E-state index contributed by atoms with van der Waals surface area (Å²) in [5.74, 6) is 1.71. The zero-order valence-electron chi connectivity index (χ0n) is 11.5. The molecule has 2 aromatic carbocycles. The van der Waals surface area contributed by atoms with E-state index in [0.29, 0.717) is 6.61 Å². The van der Waals surface area contributed by atoms with E-state index in [-0.39, 0.29) is 0 Å². The van der Waals surface area contributed by atoms with Gasteiger partial charge in [-0.3, -0.25) is 0 Å². The average Bonchev–Trinajstić information content (AvgIpc) is 2.40. The van der Waals surface area contributed by atoms with Crippen molar-refractivity contribution in [1.29, 1.82) is 0 Å². The van der Waals surface area contributed by atoms with E-state index in [0.717, 1.165) is 23.3 Å². The summed E-state index contributed by atoms with van der Waals surface area (Å²) < 4.78 is 11.5. The molecule has 0 saturated carbocycles. The fourth-order valence-corrected chi connectivity index (χ4v) is 2.33. The maximum absolute atomic E-state index is 5.80. The van der Waals surface area contributed by atoms with E-state index < -0.39 is 8.80 Å². The number of para-hydroxylation sites is 1. The lowest BCUT2D eigenvalue weighted by atomic mass is 10.2. The molecule has 0 spiro atoms. The van der Waals surface area contributed by atoms with Crippen molar-refractivity contribution in [2.45, 2.75) is 19.7 Å². The van der Waals surface area contributed by atoms with E-state index in [1.165, 1.54) is 0 Å². The fraction of sp³-hybridized carbons (Fsp3) is 0.250. The van der Waals surface area contributed by atoms with Crippen LogP contribution in [-0.2, 0) is 11.3 Å². The second-order valence-corrected chi connectivity index (χ2v) is 8.09. The molecular formula is C16H20O2Si. The van der Waals surface area contributed by atoms with Crippen LogP contribution in [-0.4, -0.2) is 15.0 Å². The van der Waals surface area contributed by atoms with Crippen molar-refractivity contribution >= 4 is 8.80 Å². The highest BCUT2D eigenvalue weighted by atomic mass is 28.3. The minimum absolute atomic E-state index is 0.634. The van der Waals surface area contributed by atoms with Crippen LogP contribution in [0.15, 0.2) is 54.6 Å². The molecule has 100 valence electrons.